The van der Waals surface area contributed by atoms with Gasteiger partial charge in [0, 0.05) is 19.4 Å². The highest BCUT2D eigenvalue weighted by Gasteiger charge is 2.11. The molecule has 0 saturated heterocycles. The maximum absolute atomic E-state index is 11.9. The number of carbonyl (C=O) groups is 1. The van der Waals surface area contributed by atoms with Crippen LogP contribution < -0.4 is 0 Å². The number of esters is 1. The fourth-order valence-corrected chi connectivity index (χ4v) is 1.57. The number of pyridine rings is 1. The zero-order chi connectivity index (χ0) is 13.8. The van der Waals surface area contributed by atoms with Crippen LogP contribution in [-0.2, 0) is 11.8 Å². The van der Waals surface area contributed by atoms with Crippen LogP contribution in [0.1, 0.15) is 24.2 Å². The Hall–Kier alpha value is -2.17. The van der Waals surface area contributed by atoms with Crippen LogP contribution in [0.4, 0.5) is 0 Å². The number of hydrogen-bond donors (Lipinski definition) is 0. The summed E-state index contributed by atoms with van der Waals surface area (Å²) in [5, 5.41) is 4.26. The zero-order valence-corrected chi connectivity index (χ0v) is 11.3. The van der Waals surface area contributed by atoms with Gasteiger partial charge in [0.25, 0.3) is 0 Å². The third-order valence-electron chi connectivity index (χ3n) is 2.52. The molecule has 5 heteroatoms. The van der Waals surface area contributed by atoms with Crippen LogP contribution in [0.5, 0.6) is 0 Å². The SMILES string of the molecule is CC(C)COC(=O)c1ccnc(-c2ccn(C)n2)c1. The number of rotatable bonds is 4. The number of carbonyl (C=O) groups excluding carboxylic acids is 1. The highest BCUT2D eigenvalue weighted by Crippen LogP contribution is 2.15. The number of hydrogen-bond acceptors (Lipinski definition) is 4. The van der Waals surface area contributed by atoms with Crippen LogP contribution in [0, 0.1) is 5.92 Å². The summed E-state index contributed by atoms with van der Waals surface area (Å²) in [5.41, 5.74) is 1.90. The third kappa shape index (κ3) is 3.40. The molecular formula is C14H17N3O2. The average molecular weight is 259 g/mol. The van der Waals surface area contributed by atoms with E-state index in [0.717, 1.165) is 5.69 Å². The molecule has 0 bridgehead atoms. The molecule has 2 rings (SSSR count). The molecular weight excluding hydrogens is 242 g/mol. The molecule has 100 valence electrons. The Balaban J connectivity index is 2.17. The van der Waals surface area contributed by atoms with Gasteiger partial charge in [-0.05, 0) is 24.1 Å². The van der Waals surface area contributed by atoms with Crippen molar-refractivity contribution in [3.8, 4) is 11.4 Å². The van der Waals surface area contributed by atoms with Gasteiger partial charge in [-0.25, -0.2) is 4.79 Å². The van der Waals surface area contributed by atoms with Gasteiger partial charge in [-0.2, -0.15) is 5.10 Å². The van der Waals surface area contributed by atoms with Gasteiger partial charge in [0.15, 0.2) is 0 Å². The molecule has 0 aliphatic heterocycles. The van der Waals surface area contributed by atoms with E-state index in [1.807, 2.05) is 33.2 Å². The molecule has 0 radical (unpaired) electrons. The summed E-state index contributed by atoms with van der Waals surface area (Å²) in [4.78, 5) is 16.1. The highest BCUT2D eigenvalue weighted by molar-refractivity contribution is 5.90. The second-order valence-corrected chi connectivity index (χ2v) is 4.80. The molecule has 2 aromatic rings. The minimum absolute atomic E-state index is 0.320. The normalized spacial score (nSPS) is 10.7. The number of nitrogens with zero attached hydrogens (tertiary/aromatic N) is 3. The summed E-state index contributed by atoms with van der Waals surface area (Å²) in [5.74, 6) is -0.00525. The first kappa shape index (κ1) is 13.3. The number of aryl methyl sites for hydroxylation is 1. The molecule has 0 spiro atoms. The smallest absolute Gasteiger partial charge is 0.338 e. The Labute approximate surface area is 112 Å². The van der Waals surface area contributed by atoms with Gasteiger partial charge >= 0.3 is 5.97 Å². The lowest BCUT2D eigenvalue weighted by molar-refractivity contribution is 0.0459. The van der Waals surface area contributed by atoms with Gasteiger partial charge in [0.2, 0.25) is 0 Å². The van der Waals surface area contributed by atoms with Crippen LogP contribution in [0.3, 0.4) is 0 Å². The first-order valence-corrected chi connectivity index (χ1v) is 6.19. The molecule has 0 unspecified atom stereocenters. The molecule has 0 atom stereocenters. The second-order valence-electron chi connectivity index (χ2n) is 4.80. The maximum atomic E-state index is 11.9. The van der Waals surface area contributed by atoms with E-state index in [0.29, 0.717) is 23.8 Å². The summed E-state index contributed by atoms with van der Waals surface area (Å²) in [6.07, 6.45) is 3.43. The quantitative estimate of drug-likeness (QED) is 0.790. The first-order valence-electron chi connectivity index (χ1n) is 6.19. The van der Waals surface area contributed by atoms with E-state index in [9.17, 15) is 4.79 Å². The zero-order valence-electron chi connectivity index (χ0n) is 11.3. The van der Waals surface area contributed by atoms with Crippen LogP contribution >= 0.6 is 0 Å². The summed E-state index contributed by atoms with van der Waals surface area (Å²) in [7, 11) is 1.84. The second kappa shape index (κ2) is 5.65. The van der Waals surface area contributed by atoms with E-state index in [1.54, 1.807) is 23.0 Å². The van der Waals surface area contributed by atoms with Crippen molar-refractivity contribution >= 4 is 5.97 Å². The fourth-order valence-electron chi connectivity index (χ4n) is 1.57. The van der Waals surface area contributed by atoms with E-state index in [-0.39, 0.29) is 5.97 Å². The Morgan fingerprint density at radius 2 is 2.16 bits per heavy atom. The van der Waals surface area contributed by atoms with Gasteiger partial charge in [-0.3, -0.25) is 9.67 Å². The lowest BCUT2D eigenvalue weighted by atomic mass is 10.2. The minimum Gasteiger partial charge on any atom is -0.462 e. The predicted molar refractivity (Wildman–Crippen MR) is 71.6 cm³/mol. The lowest BCUT2D eigenvalue weighted by Gasteiger charge is -2.07. The Bertz CT molecular complexity index is 576. The molecule has 2 aromatic heterocycles. The van der Waals surface area contributed by atoms with Gasteiger partial charge in [0.1, 0.15) is 5.69 Å². The van der Waals surface area contributed by atoms with E-state index in [2.05, 4.69) is 10.1 Å². The maximum Gasteiger partial charge on any atom is 0.338 e. The molecule has 5 nitrogen and oxygen atoms in total. The average Bonchev–Trinajstić information content (AvgIpc) is 2.83. The molecule has 0 aliphatic carbocycles. The Morgan fingerprint density at radius 3 is 2.79 bits per heavy atom. The van der Waals surface area contributed by atoms with E-state index in [1.165, 1.54) is 0 Å². The van der Waals surface area contributed by atoms with Crippen molar-refractivity contribution in [3.05, 3.63) is 36.2 Å². The molecule has 19 heavy (non-hydrogen) atoms. The molecule has 0 amide bonds. The van der Waals surface area contributed by atoms with E-state index < -0.39 is 0 Å². The van der Waals surface area contributed by atoms with Crippen molar-refractivity contribution in [3.63, 3.8) is 0 Å². The summed E-state index contributed by atoms with van der Waals surface area (Å²) >= 11 is 0. The minimum atomic E-state index is -0.326. The van der Waals surface area contributed by atoms with Crippen molar-refractivity contribution in [2.45, 2.75) is 13.8 Å². The van der Waals surface area contributed by atoms with Crippen molar-refractivity contribution < 1.29 is 9.53 Å². The van der Waals surface area contributed by atoms with E-state index >= 15 is 0 Å². The van der Waals surface area contributed by atoms with E-state index in [4.69, 9.17) is 4.74 Å². The standard InChI is InChI=1S/C14H17N3O2/c1-10(2)9-19-14(18)11-4-6-15-13(8-11)12-5-7-17(3)16-12/h4-8,10H,9H2,1-3H3. The molecule has 0 aromatic carbocycles. The molecule has 0 aliphatic rings. The lowest BCUT2D eigenvalue weighted by Crippen LogP contribution is -2.10. The van der Waals surface area contributed by atoms with Crippen LogP contribution in [0.15, 0.2) is 30.6 Å². The summed E-state index contributed by atoms with van der Waals surface area (Å²) in [6.45, 7) is 4.42. The molecule has 0 fully saturated rings. The number of ether oxygens (including phenoxy) is 1. The summed E-state index contributed by atoms with van der Waals surface area (Å²) in [6, 6.07) is 5.20. The highest BCUT2D eigenvalue weighted by atomic mass is 16.5. The van der Waals surface area contributed by atoms with Gasteiger partial charge in [0.05, 0.1) is 17.9 Å². The van der Waals surface area contributed by atoms with Crippen LogP contribution in [0.2, 0.25) is 0 Å². The predicted octanol–water partition coefficient (Wildman–Crippen LogP) is 2.29. The van der Waals surface area contributed by atoms with Crippen molar-refractivity contribution in [2.75, 3.05) is 6.61 Å². The molecule has 0 N–H and O–H groups in total. The Morgan fingerprint density at radius 1 is 1.37 bits per heavy atom. The Kier molecular flexibility index (Phi) is 3.94. The van der Waals surface area contributed by atoms with Crippen LogP contribution in [0.25, 0.3) is 11.4 Å². The molecule has 2 heterocycles. The summed E-state index contributed by atoms with van der Waals surface area (Å²) < 4.78 is 6.89. The fraction of sp³-hybridized carbons (Fsp3) is 0.357. The first-order chi connectivity index (χ1) is 9.06. The largest absolute Gasteiger partial charge is 0.462 e. The van der Waals surface area contributed by atoms with Crippen molar-refractivity contribution in [1.29, 1.82) is 0 Å². The van der Waals surface area contributed by atoms with Gasteiger partial charge in [-0.1, -0.05) is 13.8 Å². The van der Waals surface area contributed by atoms with Crippen LogP contribution in [-0.4, -0.2) is 27.3 Å². The topological polar surface area (TPSA) is 57.0 Å². The van der Waals surface area contributed by atoms with Gasteiger partial charge < -0.3 is 4.74 Å². The van der Waals surface area contributed by atoms with Crippen molar-refractivity contribution in [2.24, 2.45) is 13.0 Å². The molecule has 0 saturated carbocycles. The third-order valence-corrected chi connectivity index (χ3v) is 2.52. The van der Waals surface area contributed by atoms with Crippen molar-refractivity contribution in [1.82, 2.24) is 14.8 Å². The monoisotopic (exact) mass is 259 g/mol. The number of aromatic nitrogens is 3. The van der Waals surface area contributed by atoms with Gasteiger partial charge in [-0.15, -0.1) is 0 Å².